The van der Waals surface area contributed by atoms with Crippen molar-refractivity contribution >= 4 is 11.9 Å². The number of unbranched alkanes of at least 4 members (excludes halogenated alkanes) is 20. The Labute approximate surface area is 371 Å². The fourth-order valence-electron chi connectivity index (χ4n) is 6.75. The molecule has 0 aromatic carbocycles. The molecular formula is C55H94O5. The predicted molar refractivity (Wildman–Crippen MR) is 260 cm³/mol. The molecule has 0 rings (SSSR count). The van der Waals surface area contributed by atoms with E-state index in [0.717, 1.165) is 96.3 Å². The average Bonchev–Trinajstić information content (AvgIpc) is 3.25. The zero-order chi connectivity index (χ0) is 43.5. The first-order valence-corrected chi connectivity index (χ1v) is 25.1. The highest BCUT2D eigenvalue weighted by molar-refractivity contribution is 5.70. The molecular weight excluding hydrogens is 741 g/mol. The van der Waals surface area contributed by atoms with Crippen molar-refractivity contribution in [2.75, 3.05) is 19.8 Å². The molecule has 0 spiro atoms. The van der Waals surface area contributed by atoms with Crippen LogP contribution in [0, 0.1) is 0 Å². The van der Waals surface area contributed by atoms with Gasteiger partial charge in [-0.25, -0.2) is 0 Å². The van der Waals surface area contributed by atoms with E-state index < -0.39 is 6.10 Å². The van der Waals surface area contributed by atoms with E-state index in [9.17, 15) is 9.59 Å². The molecule has 5 nitrogen and oxygen atoms in total. The predicted octanol–water partition coefficient (Wildman–Crippen LogP) is 16.9. The van der Waals surface area contributed by atoms with Crippen molar-refractivity contribution in [2.45, 2.75) is 232 Å². The molecule has 1 unspecified atom stereocenters. The second-order valence-electron chi connectivity index (χ2n) is 16.3. The van der Waals surface area contributed by atoms with E-state index in [4.69, 9.17) is 14.2 Å². The summed E-state index contributed by atoms with van der Waals surface area (Å²) in [6, 6.07) is 0. The maximum Gasteiger partial charge on any atom is 0.306 e. The zero-order valence-corrected chi connectivity index (χ0v) is 39.5. The van der Waals surface area contributed by atoms with Crippen LogP contribution >= 0.6 is 0 Å². The summed E-state index contributed by atoms with van der Waals surface area (Å²) >= 11 is 0. The first kappa shape index (κ1) is 57.1. The van der Waals surface area contributed by atoms with Crippen LogP contribution in [-0.4, -0.2) is 37.9 Å². The van der Waals surface area contributed by atoms with Gasteiger partial charge in [0.1, 0.15) is 6.61 Å². The van der Waals surface area contributed by atoms with Crippen molar-refractivity contribution in [1.82, 2.24) is 0 Å². The zero-order valence-electron chi connectivity index (χ0n) is 39.5. The van der Waals surface area contributed by atoms with Gasteiger partial charge in [0.2, 0.25) is 0 Å². The molecule has 0 aromatic rings. The molecule has 0 fully saturated rings. The molecule has 0 aliphatic carbocycles. The Morgan fingerprint density at radius 2 is 0.750 bits per heavy atom. The number of rotatable bonds is 45. The molecule has 0 heterocycles. The van der Waals surface area contributed by atoms with Gasteiger partial charge in [-0.2, -0.15) is 0 Å². The lowest BCUT2D eigenvalue weighted by atomic mass is 10.0. The number of esters is 2. The number of allylic oxidation sites excluding steroid dienone is 14. The molecule has 0 N–H and O–H groups in total. The molecule has 344 valence electrons. The monoisotopic (exact) mass is 835 g/mol. The van der Waals surface area contributed by atoms with E-state index in [2.05, 4.69) is 106 Å². The molecule has 60 heavy (non-hydrogen) atoms. The molecule has 1 atom stereocenters. The number of hydrogen-bond acceptors (Lipinski definition) is 5. The van der Waals surface area contributed by atoms with Gasteiger partial charge in [-0.3, -0.25) is 9.59 Å². The van der Waals surface area contributed by atoms with Gasteiger partial charge in [0, 0.05) is 19.4 Å². The van der Waals surface area contributed by atoms with Gasteiger partial charge in [0.05, 0.1) is 6.61 Å². The lowest BCUT2D eigenvalue weighted by molar-refractivity contribution is -0.163. The lowest BCUT2D eigenvalue weighted by Crippen LogP contribution is -2.30. The molecule has 0 aliphatic rings. The minimum absolute atomic E-state index is 0.0528. The van der Waals surface area contributed by atoms with Crippen LogP contribution in [0.1, 0.15) is 226 Å². The van der Waals surface area contributed by atoms with Gasteiger partial charge >= 0.3 is 11.9 Å². The summed E-state index contributed by atoms with van der Waals surface area (Å²) in [5, 5.41) is 0. The van der Waals surface area contributed by atoms with Crippen molar-refractivity contribution in [1.29, 1.82) is 0 Å². The fourth-order valence-corrected chi connectivity index (χ4v) is 6.75. The van der Waals surface area contributed by atoms with Crippen LogP contribution in [0.4, 0.5) is 0 Å². The van der Waals surface area contributed by atoms with Crippen LogP contribution in [0.3, 0.4) is 0 Å². The van der Waals surface area contributed by atoms with Gasteiger partial charge in [0.25, 0.3) is 0 Å². The Kier molecular flexibility index (Phi) is 48.0. The molecule has 5 heteroatoms. The summed E-state index contributed by atoms with van der Waals surface area (Å²) in [7, 11) is 0. The van der Waals surface area contributed by atoms with E-state index in [0.29, 0.717) is 19.4 Å². The third kappa shape index (κ3) is 47.8. The third-order valence-corrected chi connectivity index (χ3v) is 10.4. The van der Waals surface area contributed by atoms with Crippen LogP contribution in [0.5, 0.6) is 0 Å². The van der Waals surface area contributed by atoms with E-state index in [1.54, 1.807) is 0 Å². The average molecular weight is 835 g/mol. The van der Waals surface area contributed by atoms with Crippen LogP contribution in [-0.2, 0) is 23.8 Å². The summed E-state index contributed by atoms with van der Waals surface area (Å²) < 4.78 is 17.3. The summed E-state index contributed by atoms with van der Waals surface area (Å²) in [6.45, 7) is 7.52. The molecule has 0 aliphatic heterocycles. The van der Waals surface area contributed by atoms with Crippen molar-refractivity contribution in [3.05, 3.63) is 85.1 Å². The van der Waals surface area contributed by atoms with E-state index in [1.165, 1.54) is 96.3 Å². The number of carbonyl (C=O) groups is 2. The molecule has 0 saturated carbocycles. The molecule has 0 aromatic heterocycles. The normalized spacial score (nSPS) is 12.9. The summed E-state index contributed by atoms with van der Waals surface area (Å²) in [4.78, 5) is 25.4. The highest BCUT2D eigenvalue weighted by Gasteiger charge is 2.17. The van der Waals surface area contributed by atoms with Crippen LogP contribution in [0.2, 0.25) is 0 Å². The van der Waals surface area contributed by atoms with Crippen molar-refractivity contribution in [3.63, 3.8) is 0 Å². The third-order valence-electron chi connectivity index (χ3n) is 10.4. The van der Waals surface area contributed by atoms with Crippen LogP contribution in [0.15, 0.2) is 85.1 Å². The Hall–Kier alpha value is -2.92. The molecule has 0 saturated heterocycles. The number of carbonyl (C=O) groups excluding carboxylic acids is 2. The smallest absolute Gasteiger partial charge is 0.306 e. The van der Waals surface area contributed by atoms with Crippen molar-refractivity contribution in [2.24, 2.45) is 0 Å². The highest BCUT2D eigenvalue weighted by Crippen LogP contribution is 2.15. The first-order chi connectivity index (χ1) is 29.6. The second-order valence-corrected chi connectivity index (χ2v) is 16.3. The topological polar surface area (TPSA) is 61.8 Å². The molecule has 0 radical (unpaired) electrons. The quantitative estimate of drug-likeness (QED) is 0.0347. The van der Waals surface area contributed by atoms with Crippen LogP contribution in [0.25, 0.3) is 0 Å². The van der Waals surface area contributed by atoms with Crippen LogP contribution < -0.4 is 0 Å². The summed E-state index contributed by atoms with van der Waals surface area (Å²) in [5.74, 6) is -0.457. The van der Waals surface area contributed by atoms with Gasteiger partial charge in [-0.05, 0) is 89.9 Å². The SMILES string of the molecule is CC/C=C\C/C=C\C/C=C\C/C=C\CCCCC(=O)OCC(COCCCCCC/C=C\C/C=C\C/C=C\CC)OC(=O)CCCCCCCCCCCCCCCCC. The minimum atomic E-state index is -0.566. The Balaban J connectivity index is 4.37. The van der Waals surface area contributed by atoms with E-state index >= 15 is 0 Å². The summed E-state index contributed by atoms with van der Waals surface area (Å²) in [5.41, 5.74) is 0. The Bertz CT molecular complexity index is 1130. The molecule has 0 amide bonds. The second kappa shape index (κ2) is 50.4. The number of hydrogen-bond donors (Lipinski definition) is 0. The first-order valence-electron chi connectivity index (χ1n) is 25.1. The number of ether oxygens (including phenoxy) is 3. The summed E-state index contributed by atoms with van der Waals surface area (Å²) in [6.07, 6.45) is 65.9. The van der Waals surface area contributed by atoms with Gasteiger partial charge < -0.3 is 14.2 Å². The minimum Gasteiger partial charge on any atom is -0.462 e. The van der Waals surface area contributed by atoms with E-state index in [1.807, 2.05) is 0 Å². The Morgan fingerprint density at radius 3 is 1.23 bits per heavy atom. The lowest BCUT2D eigenvalue weighted by Gasteiger charge is -2.18. The highest BCUT2D eigenvalue weighted by atomic mass is 16.6. The van der Waals surface area contributed by atoms with E-state index in [-0.39, 0.29) is 25.2 Å². The Morgan fingerprint density at radius 1 is 0.383 bits per heavy atom. The standard InChI is InChI=1S/C55H94O5/c1-4-7-10-13-16-19-22-25-28-30-33-36-39-42-45-48-54(56)59-52-53(51-58-50-47-44-41-38-35-32-27-24-21-18-15-12-9-6-3)60-55(57)49-46-43-40-37-34-31-29-26-23-20-17-14-11-8-5-2/h7,9-10,12,16,18-19,21,25,27-28,32-33,36,53H,4-6,8,11,13-15,17,20,22-24,26,29-31,34-35,37-52H2,1-3H3/b10-7-,12-9-,19-16-,21-18-,28-25-,32-27-,36-33-. The molecule has 0 bridgehead atoms. The van der Waals surface area contributed by atoms with Gasteiger partial charge in [-0.1, -0.05) is 209 Å². The van der Waals surface area contributed by atoms with Gasteiger partial charge in [-0.15, -0.1) is 0 Å². The largest absolute Gasteiger partial charge is 0.462 e. The van der Waals surface area contributed by atoms with Crippen molar-refractivity contribution in [3.8, 4) is 0 Å². The maximum absolute atomic E-state index is 12.8. The maximum atomic E-state index is 12.8. The van der Waals surface area contributed by atoms with Gasteiger partial charge in [0.15, 0.2) is 6.10 Å². The fraction of sp³-hybridized carbons (Fsp3) is 0.709. The van der Waals surface area contributed by atoms with Crippen molar-refractivity contribution < 1.29 is 23.8 Å².